The van der Waals surface area contributed by atoms with E-state index in [4.69, 9.17) is 0 Å². The zero-order chi connectivity index (χ0) is 14.3. The number of carboxylic acids is 1. The Hall–Kier alpha value is -1.96. The van der Waals surface area contributed by atoms with Gasteiger partial charge in [-0.1, -0.05) is 0 Å². The number of fused-ring (bicyclic) bond motifs is 1. The zero-order valence-electron chi connectivity index (χ0n) is 11.3. The quantitative estimate of drug-likeness (QED) is 0.913. The Balaban J connectivity index is 1.83. The molecule has 1 aliphatic heterocycles. The number of aliphatic carboxylic acids is 1. The minimum Gasteiger partial charge on any atom is -0.481 e. The smallest absolute Gasteiger partial charge is 0.315 e. The molecule has 20 heavy (non-hydrogen) atoms. The molecule has 1 N–H and O–H groups in total. The molecule has 0 aromatic carbocycles. The van der Waals surface area contributed by atoms with E-state index in [2.05, 4.69) is 20.1 Å². The molecule has 0 spiro atoms. The molecule has 7 nitrogen and oxygen atoms in total. The third-order valence-electron chi connectivity index (χ3n) is 3.58. The predicted octanol–water partition coefficient (Wildman–Crippen LogP) is 1.12. The SMILES string of the molecule is CC(C)(C(=O)O)c1csc(N2CCn3cnnc3C2)n1. The molecule has 3 rings (SSSR count). The van der Waals surface area contributed by atoms with E-state index in [1.165, 1.54) is 11.3 Å². The largest absolute Gasteiger partial charge is 0.481 e. The number of hydrogen-bond donors (Lipinski definition) is 1. The van der Waals surface area contributed by atoms with Crippen LogP contribution >= 0.6 is 11.3 Å². The van der Waals surface area contributed by atoms with Crippen molar-refractivity contribution in [2.45, 2.75) is 32.4 Å². The third kappa shape index (κ3) is 2.05. The molecule has 0 saturated heterocycles. The van der Waals surface area contributed by atoms with Gasteiger partial charge in [-0.25, -0.2) is 4.98 Å². The first-order chi connectivity index (χ1) is 9.48. The van der Waals surface area contributed by atoms with Gasteiger partial charge in [-0.3, -0.25) is 4.79 Å². The number of hydrogen-bond acceptors (Lipinski definition) is 6. The summed E-state index contributed by atoms with van der Waals surface area (Å²) < 4.78 is 2.02. The van der Waals surface area contributed by atoms with E-state index < -0.39 is 11.4 Å². The van der Waals surface area contributed by atoms with E-state index in [1.54, 1.807) is 20.2 Å². The average Bonchev–Trinajstić information content (AvgIpc) is 3.06. The van der Waals surface area contributed by atoms with Gasteiger partial charge in [0.25, 0.3) is 0 Å². The zero-order valence-corrected chi connectivity index (χ0v) is 12.1. The van der Waals surface area contributed by atoms with Crippen molar-refractivity contribution in [1.29, 1.82) is 0 Å². The van der Waals surface area contributed by atoms with Gasteiger partial charge in [-0.15, -0.1) is 21.5 Å². The highest BCUT2D eigenvalue weighted by Gasteiger charge is 2.33. The number of carbonyl (C=O) groups is 1. The van der Waals surface area contributed by atoms with Crippen LogP contribution in [-0.2, 0) is 23.3 Å². The van der Waals surface area contributed by atoms with Crippen molar-refractivity contribution in [3.63, 3.8) is 0 Å². The summed E-state index contributed by atoms with van der Waals surface area (Å²) in [7, 11) is 0. The van der Waals surface area contributed by atoms with Crippen LogP contribution in [-0.4, -0.2) is 37.4 Å². The molecule has 2 aromatic rings. The molecule has 0 aliphatic carbocycles. The topological polar surface area (TPSA) is 84.1 Å². The minimum atomic E-state index is -0.968. The maximum atomic E-state index is 11.3. The van der Waals surface area contributed by atoms with Crippen molar-refractivity contribution in [1.82, 2.24) is 19.7 Å². The molecule has 106 valence electrons. The van der Waals surface area contributed by atoms with Crippen molar-refractivity contribution in [3.05, 3.63) is 23.2 Å². The van der Waals surface area contributed by atoms with Gasteiger partial charge in [-0.2, -0.15) is 0 Å². The van der Waals surface area contributed by atoms with Crippen LogP contribution < -0.4 is 4.90 Å². The molecule has 0 unspecified atom stereocenters. The maximum Gasteiger partial charge on any atom is 0.315 e. The van der Waals surface area contributed by atoms with Crippen LogP contribution in [0.2, 0.25) is 0 Å². The van der Waals surface area contributed by atoms with Crippen molar-refractivity contribution in [2.75, 3.05) is 11.4 Å². The molecule has 0 radical (unpaired) electrons. The third-order valence-corrected chi connectivity index (χ3v) is 4.48. The summed E-state index contributed by atoms with van der Waals surface area (Å²) in [6.07, 6.45) is 1.73. The van der Waals surface area contributed by atoms with Crippen LogP contribution in [0.25, 0.3) is 0 Å². The second-order valence-electron chi connectivity index (χ2n) is 5.31. The van der Waals surface area contributed by atoms with Gasteiger partial charge in [0, 0.05) is 18.5 Å². The molecule has 2 aromatic heterocycles. The van der Waals surface area contributed by atoms with Crippen LogP contribution in [0, 0.1) is 0 Å². The molecule has 3 heterocycles. The first-order valence-electron chi connectivity index (χ1n) is 6.29. The fraction of sp³-hybridized carbons (Fsp3) is 0.500. The molecule has 1 aliphatic rings. The fourth-order valence-corrected chi connectivity index (χ4v) is 3.06. The summed E-state index contributed by atoms with van der Waals surface area (Å²) in [5.74, 6) is 0.0400. The van der Waals surface area contributed by atoms with E-state index >= 15 is 0 Å². The number of aromatic nitrogens is 4. The number of rotatable bonds is 3. The lowest BCUT2D eigenvalue weighted by molar-refractivity contribution is -0.142. The van der Waals surface area contributed by atoms with Gasteiger partial charge in [0.2, 0.25) is 0 Å². The second-order valence-corrected chi connectivity index (χ2v) is 6.14. The molecular weight excluding hydrogens is 278 g/mol. The summed E-state index contributed by atoms with van der Waals surface area (Å²) in [5.41, 5.74) is -0.373. The molecule has 0 fully saturated rings. The van der Waals surface area contributed by atoms with E-state index in [0.717, 1.165) is 24.0 Å². The van der Waals surface area contributed by atoms with Crippen LogP contribution in [0.3, 0.4) is 0 Å². The predicted molar refractivity (Wildman–Crippen MR) is 73.8 cm³/mol. The lowest BCUT2D eigenvalue weighted by Gasteiger charge is -2.26. The lowest BCUT2D eigenvalue weighted by atomic mass is 9.90. The van der Waals surface area contributed by atoms with Gasteiger partial charge in [0.05, 0.1) is 12.2 Å². The molecular formula is C12H15N5O2S. The average molecular weight is 293 g/mol. The van der Waals surface area contributed by atoms with Gasteiger partial charge >= 0.3 is 5.97 Å². The molecule has 0 atom stereocenters. The summed E-state index contributed by atoms with van der Waals surface area (Å²) in [6, 6.07) is 0. The van der Waals surface area contributed by atoms with Gasteiger partial charge < -0.3 is 14.6 Å². The summed E-state index contributed by atoms with van der Waals surface area (Å²) >= 11 is 1.47. The first kappa shape index (κ1) is 13.0. The Morgan fingerprint density at radius 1 is 1.45 bits per heavy atom. The highest BCUT2D eigenvalue weighted by Crippen LogP contribution is 2.30. The first-order valence-corrected chi connectivity index (χ1v) is 7.17. The maximum absolute atomic E-state index is 11.3. The highest BCUT2D eigenvalue weighted by molar-refractivity contribution is 7.13. The van der Waals surface area contributed by atoms with Crippen molar-refractivity contribution < 1.29 is 9.90 Å². The van der Waals surface area contributed by atoms with Crippen molar-refractivity contribution >= 4 is 22.4 Å². The monoisotopic (exact) mass is 293 g/mol. The van der Waals surface area contributed by atoms with Crippen molar-refractivity contribution in [2.24, 2.45) is 0 Å². The Bertz CT molecular complexity index is 648. The van der Waals surface area contributed by atoms with Crippen molar-refractivity contribution in [3.8, 4) is 0 Å². The van der Waals surface area contributed by atoms with Crippen LogP contribution in [0.5, 0.6) is 0 Å². The Morgan fingerprint density at radius 2 is 2.25 bits per heavy atom. The number of carboxylic acid groups (broad SMARTS) is 1. The van der Waals surface area contributed by atoms with Gasteiger partial charge in [0.15, 0.2) is 11.0 Å². The highest BCUT2D eigenvalue weighted by atomic mass is 32.1. The van der Waals surface area contributed by atoms with E-state index in [-0.39, 0.29) is 0 Å². The normalized spacial score (nSPS) is 15.2. The number of nitrogens with zero attached hydrogens (tertiary/aromatic N) is 5. The summed E-state index contributed by atoms with van der Waals surface area (Å²) in [5, 5.41) is 19.9. The molecule has 0 bridgehead atoms. The number of thiazole rings is 1. The number of anilines is 1. The Kier molecular flexibility index (Phi) is 2.97. The van der Waals surface area contributed by atoms with Crippen LogP contribution in [0.1, 0.15) is 25.4 Å². The molecule has 8 heteroatoms. The Morgan fingerprint density at radius 3 is 3.00 bits per heavy atom. The lowest BCUT2D eigenvalue weighted by Crippen LogP contribution is -2.34. The van der Waals surface area contributed by atoms with Gasteiger partial charge in [0.1, 0.15) is 11.7 Å². The van der Waals surface area contributed by atoms with E-state index in [1.807, 2.05) is 9.95 Å². The summed E-state index contributed by atoms with van der Waals surface area (Å²) in [4.78, 5) is 17.9. The second kappa shape index (κ2) is 4.55. The minimum absolute atomic E-state index is 0.594. The van der Waals surface area contributed by atoms with E-state index in [9.17, 15) is 9.90 Å². The van der Waals surface area contributed by atoms with E-state index in [0.29, 0.717) is 12.2 Å². The fourth-order valence-electron chi connectivity index (χ4n) is 2.04. The Labute approximate surface area is 119 Å². The molecule has 0 amide bonds. The van der Waals surface area contributed by atoms with Crippen LogP contribution in [0.15, 0.2) is 11.7 Å². The summed E-state index contributed by atoms with van der Waals surface area (Å²) in [6.45, 7) is 5.63. The van der Waals surface area contributed by atoms with Gasteiger partial charge in [-0.05, 0) is 13.8 Å². The standard InChI is InChI=1S/C12H15N5O2S/c1-12(2,10(18)19)8-6-20-11(14-8)16-3-4-17-7-13-15-9(17)5-16/h6-7H,3-5H2,1-2H3,(H,18,19). The molecule has 0 saturated carbocycles. The van der Waals surface area contributed by atoms with Crippen LogP contribution in [0.4, 0.5) is 5.13 Å².